The van der Waals surface area contributed by atoms with E-state index < -0.39 is 0 Å². The smallest absolute Gasteiger partial charge is 0.267 e. The van der Waals surface area contributed by atoms with Crippen LogP contribution < -0.4 is 5.32 Å². The van der Waals surface area contributed by atoms with Crippen molar-refractivity contribution in [3.8, 4) is 0 Å². The van der Waals surface area contributed by atoms with Crippen molar-refractivity contribution in [2.75, 3.05) is 0 Å². The lowest BCUT2D eigenvalue weighted by atomic mass is 10.2. The van der Waals surface area contributed by atoms with Crippen molar-refractivity contribution >= 4 is 16.8 Å². The van der Waals surface area contributed by atoms with Crippen molar-refractivity contribution in [3.05, 3.63) is 66.1 Å². The summed E-state index contributed by atoms with van der Waals surface area (Å²) >= 11 is 0. The van der Waals surface area contributed by atoms with Gasteiger partial charge in [0.05, 0.1) is 0 Å². The summed E-state index contributed by atoms with van der Waals surface area (Å²) in [7, 11) is 0. The first-order chi connectivity index (χ1) is 9.33. The maximum Gasteiger partial charge on any atom is 0.267 e. The van der Waals surface area contributed by atoms with Gasteiger partial charge in [-0.25, -0.2) is 0 Å². The summed E-state index contributed by atoms with van der Waals surface area (Å²) in [4.78, 5) is 19.1. The van der Waals surface area contributed by atoms with Gasteiger partial charge >= 0.3 is 0 Å². The summed E-state index contributed by atoms with van der Waals surface area (Å²) in [5.41, 5.74) is 2.55. The number of carbonyl (C=O) groups excluding carboxylic acids is 1. The Morgan fingerprint density at radius 3 is 2.84 bits per heavy atom. The van der Waals surface area contributed by atoms with E-state index in [0.29, 0.717) is 12.2 Å². The van der Waals surface area contributed by atoms with Gasteiger partial charge in [-0.1, -0.05) is 30.3 Å². The van der Waals surface area contributed by atoms with Gasteiger partial charge in [0.25, 0.3) is 5.91 Å². The molecule has 0 fully saturated rings. The molecule has 0 unspecified atom stereocenters. The van der Waals surface area contributed by atoms with Crippen LogP contribution in [0, 0.1) is 0 Å². The Labute approximate surface area is 110 Å². The van der Waals surface area contributed by atoms with E-state index in [2.05, 4.69) is 15.3 Å². The molecule has 3 rings (SSSR count). The van der Waals surface area contributed by atoms with E-state index in [-0.39, 0.29) is 5.91 Å². The van der Waals surface area contributed by atoms with Crippen molar-refractivity contribution in [2.24, 2.45) is 0 Å². The first-order valence-corrected chi connectivity index (χ1v) is 6.08. The van der Waals surface area contributed by atoms with Crippen molar-refractivity contribution in [2.45, 2.75) is 6.54 Å². The van der Waals surface area contributed by atoms with Gasteiger partial charge in [-0.2, -0.15) is 0 Å². The molecule has 2 aromatic heterocycles. The van der Waals surface area contributed by atoms with Crippen molar-refractivity contribution in [1.29, 1.82) is 0 Å². The molecule has 2 heterocycles. The molecule has 0 aliphatic rings. The number of amides is 1. The SMILES string of the molecule is O=C(NCc1ccccc1)c1cc2cnccc2[nH]1. The van der Waals surface area contributed by atoms with Gasteiger partial charge in [0.1, 0.15) is 5.69 Å². The minimum atomic E-state index is -0.111. The molecule has 19 heavy (non-hydrogen) atoms. The highest BCUT2D eigenvalue weighted by atomic mass is 16.1. The molecule has 2 N–H and O–H groups in total. The third-order valence-corrected chi connectivity index (χ3v) is 2.96. The minimum absolute atomic E-state index is 0.111. The molecule has 4 heteroatoms. The summed E-state index contributed by atoms with van der Waals surface area (Å²) in [6.07, 6.45) is 3.43. The number of fused-ring (bicyclic) bond motifs is 1. The summed E-state index contributed by atoms with van der Waals surface area (Å²) in [5.74, 6) is -0.111. The lowest BCUT2D eigenvalue weighted by Crippen LogP contribution is -2.22. The third kappa shape index (κ3) is 2.47. The second-order valence-corrected chi connectivity index (χ2v) is 4.31. The Bertz CT molecular complexity index is 670. The number of H-pyrrole nitrogens is 1. The Balaban J connectivity index is 1.73. The number of aromatic amines is 1. The molecule has 0 radical (unpaired) electrons. The van der Waals surface area contributed by atoms with E-state index in [0.717, 1.165) is 16.5 Å². The van der Waals surface area contributed by atoms with Crippen LogP contribution in [0.5, 0.6) is 0 Å². The Hall–Kier alpha value is -2.62. The summed E-state index contributed by atoms with van der Waals surface area (Å²) in [6, 6.07) is 13.5. The van der Waals surface area contributed by atoms with Gasteiger partial charge in [0.2, 0.25) is 0 Å². The Morgan fingerprint density at radius 1 is 1.21 bits per heavy atom. The zero-order valence-corrected chi connectivity index (χ0v) is 10.3. The first kappa shape index (κ1) is 11.5. The number of benzene rings is 1. The highest BCUT2D eigenvalue weighted by Crippen LogP contribution is 2.13. The number of nitrogens with one attached hydrogen (secondary N) is 2. The highest BCUT2D eigenvalue weighted by molar-refractivity contribution is 5.97. The van der Waals surface area contributed by atoms with Crippen LogP contribution in [-0.2, 0) is 6.54 Å². The summed E-state index contributed by atoms with van der Waals surface area (Å²) < 4.78 is 0. The molecule has 0 aliphatic carbocycles. The molecule has 4 nitrogen and oxygen atoms in total. The molecule has 0 aliphatic heterocycles. The fraction of sp³-hybridized carbons (Fsp3) is 0.0667. The predicted molar refractivity (Wildman–Crippen MR) is 73.7 cm³/mol. The van der Waals surface area contributed by atoms with E-state index in [1.807, 2.05) is 42.5 Å². The lowest BCUT2D eigenvalue weighted by molar-refractivity contribution is 0.0947. The van der Waals surface area contributed by atoms with Gasteiger partial charge in [0.15, 0.2) is 0 Å². The van der Waals surface area contributed by atoms with Crippen LogP contribution in [0.3, 0.4) is 0 Å². The lowest BCUT2D eigenvalue weighted by Gasteiger charge is -2.03. The Morgan fingerprint density at radius 2 is 2.05 bits per heavy atom. The van der Waals surface area contributed by atoms with Crippen LogP contribution in [0.2, 0.25) is 0 Å². The monoisotopic (exact) mass is 251 g/mol. The number of nitrogens with zero attached hydrogens (tertiary/aromatic N) is 1. The molecule has 0 atom stereocenters. The second-order valence-electron chi connectivity index (χ2n) is 4.31. The van der Waals surface area contributed by atoms with Crippen LogP contribution in [0.15, 0.2) is 54.9 Å². The van der Waals surface area contributed by atoms with E-state index in [1.165, 1.54) is 0 Å². The minimum Gasteiger partial charge on any atom is -0.350 e. The van der Waals surface area contributed by atoms with Crippen molar-refractivity contribution < 1.29 is 4.79 Å². The summed E-state index contributed by atoms with van der Waals surface area (Å²) in [5, 5.41) is 3.82. The molecular weight excluding hydrogens is 238 g/mol. The van der Waals surface area contributed by atoms with Gasteiger partial charge < -0.3 is 10.3 Å². The van der Waals surface area contributed by atoms with Gasteiger partial charge in [-0.3, -0.25) is 9.78 Å². The molecule has 3 aromatic rings. The zero-order chi connectivity index (χ0) is 13.1. The van der Waals surface area contributed by atoms with Crippen molar-refractivity contribution in [3.63, 3.8) is 0 Å². The van der Waals surface area contributed by atoms with E-state index >= 15 is 0 Å². The number of hydrogen-bond acceptors (Lipinski definition) is 2. The van der Waals surface area contributed by atoms with Gasteiger partial charge in [-0.05, 0) is 17.7 Å². The maximum absolute atomic E-state index is 12.0. The van der Waals surface area contributed by atoms with E-state index in [1.54, 1.807) is 12.4 Å². The maximum atomic E-state index is 12.0. The van der Waals surface area contributed by atoms with E-state index in [4.69, 9.17) is 0 Å². The summed E-state index contributed by atoms with van der Waals surface area (Å²) in [6.45, 7) is 0.521. The second kappa shape index (κ2) is 4.94. The number of aromatic nitrogens is 2. The average molecular weight is 251 g/mol. The third-order valence-electron chi connectivity index (χ3n) is 2.96. The molecule has 1 aromatic carbocycles. The predicted octanol–water partition coefficient (Wildman–Crippen LogP) is 2.49. The zero-order valence-electron chi connectivity index (χ0n) is 10.3. The Kier molecular flexibility index (Phi) is 2.98. The molecule has 0 saturated carbocycles. The quantitative estimate of drug-likeness (QED) is 0.751. The fourth-order valence-electron chi connectivity index (χ4n) is 1.97. The molecule has 0 spiro atoms. The fourth-order valence-corrected chi connectivity index (χ4v) is 1.97. The molecular formula is C15H13N3O. The number of rotatable bonds is 3. The first-order valence-electron chi connectivity index (χ1n) is 6.08. The molecule has 0 saturated heterocycles. The van der Waals surface area contributed by atoms with E-state index in [9.17, 15) is 4.79 Å². The van der Waals surface area contributed by atoms with Gasteiger partial charge in [0, 0.05) is 29.8 Å². The normalized spacial score (nSPS) is 10.5. The van der Waals surface area contributed by atoms with Crippen LogP contribution in [0.1, 0.15) is 16.1 Å². The highest BCUT2D eigenvalue weighted by Gasteiger charge is 2.08. The number of carbonyl (C=O) groups is 1. The van der Waals surface area contributed by atoms with Crippen LogP contribution >= 0.6 is 0 Å². The standard InChI is InChI=1S/C15H13N3O/c19-15(17-9-11-4-2-1-3-5-11)14-8-12-10-16-7-6-13(12)18-14/h1-8,10,18H,9H2,(H,17,19). The van der Waals surface area contributed by atoms with Crippen LogP contribution in [0.25, 0.3) is 10.9 Å². The number of pyridine rings is 1. The number of hydrogen-bond donors (Lipinski definition) is 2. The topological polar surface area (TPSA) is 57.8 Å². The van der Waals surface area contributed by atoms with Crippen LogP contribution in [-0.4, -0.2) is 15.9 Å². The molecule has 94 valence electrons. The average Bonchev–Trinajstić information content (AvgIpc) is 2.90. The van der Waals surface area contributed by atoms with Crippen molar-refractivity contribution in [1.82, 2.24) is 15.3 Å². The molecule has 1 amide bonds. The van der Waals surface area contributed by atoms with Gasteiger partial charge in [-0.15, -0.1) is 0 Å². The van der Waals surface area contributed by atoms with Crippen LogP contribution in [0.4, 0.5) is 0 Å². The largest absolute Gasteiger partial charge is 0.350 e. The molecule has 0 bridgehead atoms.